The predicted octanol–water partition coefficient (Wildman–Crippen LogP) is 0.895. The molecule has 1 heterocycles. The summed E-state index contributed by atoms with van der Waals surface area (Å²) >= 11 is 0. The van der Waals surface area contributed by atoms with Gasteiger partial charge in [0, 0.05) is 13.0 Å². The Morgan fingerprint density at radius 1 is 1.57 bits per heavy atom. The molecule has 0 amide bonds. The third-order valence-corrected chi connectivity index (χ3v) is 3.02. The summed E-state index contributed by atoms with van der Waals surface area (Å²) in [5.74, 6) is 0.888. The standard InChI is InChI=1S/C11H22N2O/c1-4-10(14)11(12-5-2)9-6-7-13(3)8-9/h9,11-12H,4-8H2,1-3H3. The van der Waals surface area contributed by atoms with Crippen molar-refractivity contribution >= 4 is 5.78 Å². The Labute approximate surface area is 86.9 Å². The molecular weight excluding hydrogens is 176 g/mol. The van der Waals surface area contributed by atoms with Crippen LogP contribution in [0, 0.1) is 5.92 Å². The van der Waals surface area contributed by atoms with Gasteiger partial charge < -0.3 is 10.2 Å². The maximum absolute atomic E-state index is 11.7. The first-order valence-corrected chi connectivity index (χ1v) is 5.63. The van der Waals surface area contributed by atoms with Gasteiger partial charge in [-0.1, -0.05) is 13.8 Å². The van der Waals surface area contributed by atoms with Crippen LogP contribution in [0.2, 0.25) is 0 Å². The van der Waals surface area contributed by atoms with E-state index >= 15 is 0 Å². The van der Waals surface area contributed by atoms with Crippen molar-refractivity contribution < 1.29 is 4.79 Å². The van der Waals surface area contributed by atoms with Gasteiger partial charge in [-0.05, 0) is 32.5 Å². The second-order valence-corrected chi connectivity index (χ2v) is 4.17. The lowest BCUT2D eigenvalue weighted by Gasteiger charge is -2.22. The van der Waals surface area contributed by atoms with Crippen LogP contribution in [0.5, 0.6) is 0 Å². The van der Waals surface area contributed by atoms with Gasteiger partial charge in [0.15, 0.2) is 0 Å². The van der Waals surface area contributed by atoms with Gasteiger partial charge in [0.2, 0.25) is 0 Å². The monoisotopic (exact) mass is 198 g/mol. The molecule has 0 radical (unpaired) electrons. The first-order valence-electron chi connectivity index (χ1n) is 5.63. The van der Waals surface area contributed by atoms with Crippen LogP contribution in [0.1, 0.15) is 26.7 Å². The highest BCUT2D eigenvalue weighted by Crippen LogP contribution is 2.19. The van der Waals surface area contributed by atoms with E-state index in [1.807, 2.05) is 6.92 Å². The topological polar surface area (TPSA) is 32.3 Å². The molecule has 0 spiro atoms. The molecule has 0 bridgehead atoms. The molecule has 1 saturated heterocycles. The van der Waals surface area contributed by atoms with Crippen LogP contribution in [0.15, 0.2) is 0 Å². The summed E-state index contributed by atoms with van der Waals surface area (Å²) in [6, 6.07) is 0.0925. The van der Waals surface area contributed by atoms with Crippen molar-refractivity contribution in [3.8, 4) is 0 Å². The molecule has 0 aromatic rings. The van der Waals surface area contributed by atoms with Gasteiger partial charge in [-0.3, -0.25) is 4.79 Å². The lowest BCUT2D eigenvalue weighted by molar-refractivity contribution is -0.121. The van der Waals surface area contributed by atoms with Crippen molar-refractivity contribution in [2.45, 2.75) is 32.7 Å². The molecule has 0 aromatic carbocycles. The maximum Gasteiger partial charge on any atom is 0.149 e. The summed E-state index contributed by atoms with van der Waals surface area (Å²) in [5.41, 5.74) is 0. The molecule has 1 aliphatic heterocycles. The van der Waals surface area contributed by atoms with Crippen LogP contribution < -0.4 is 5.32 Å². The van der Waals surface area contributed by atoms with Crippen molar-refractivity contribution in [2.75, 3.05) is 26.7 Å². The van der Waals surface area contributed by atoms with E-state index in [0.29, 0.717) is 18.1 Å². The Hall–Kier alpha value is -0.410. The lowest BCUT2D eigenvalue weighted by Crippen LogP contribution is -2.43. The molecule has 3 heteroatoms. The van der Waals surface area contributed by atoms with E-state index < -0.39 is 0 Å². The van der Waals surface area contributed by atoms with Gasteiger partial charge in [0.1, 0.15) is 5.78 Å². The molecule has 1 fully saturated rings. The summed E-state index contributed by atoms with van der Waals surface area (Å²) in [7, 11) is 2.12. The van der Waals surface area contributed by atoms with Gasteiger partial charge in [-0.25, -0.2) is 0 Å². The average Bonchev–Trinajstić information content (AvgIpc) is 2.60. The molecule has 1 rings (SSSR count). The average molecular weight is 198 g/mol. The first kappa shape index (κ1) is 11.7. The molecule has 3 nitrogen and oxygen atoms in total. The van der Waals surface area contributed by atoms with E-state index in [4.69, 9.17) is 0 Å². The van der Waals surface area contributed by atoms with Gasteiger partial charge in [-0.15, -0.1) is 0 Å². The van der Waals surface area contributed by atoms with Crippen LogP contribution in [-0.2, 0) is 4.79 Å². The van der Waals surface area contributed by atoms with Crippen molar-refractivity contribution in [1.29, 1.82) is 0 Å². The summed E-state index contributed by atoms with van der Waals surface area (Å²) in [5, 5.41) is 3.32. The zero-order valence-electron chi connectivity index (χ0n) is 9.55. The number of carbonyl (C=O) groups is 1. The van der Waals surface area contributed by atoms with Crippen LogP contribution >= 0.6 is 0 Å². The minimum absolute atomic E-state index is 0.0925. The van der Waals surface area contributed by atoms with Gasteiger partial charge >= 0.3 is 0 Å². The number of rotatable bonds is 5. The molecule has 2 atom stereocenters. The quantitative estimate of drug-likeness (QED) is 0.712. The Bertz CT molecular complexity index is 194. The Balaban J connectivity index is 2.53. The number of hydrogen-bond acceptors (Lipinski definition) is 3. The summed E-state index contributed by atoms with van der Waals surface area (Å²) < 4.78 is 0. The van der Waals surface area contributed by atoms with Gasteiger partial charge in [-0.2, -0.15) is 0 Å². The second kappa shape index (κ2) is 5.47. The van der Waals surface area contributed by atoms with E-state index in [9.17, 15) is 4.79 Å². The number of ketones is 1. The molecule has 14 heavy (non-hydrogen) atoms. The number of Topliss-reactive ketones (excluding diaryl/α,β-unsaturated/α-hetero) is 1. The smallest absolute Gasteiger partial charge is 0.149 e. The van der Waals surface area contributed by atoms with Gasteiger partial charge in [0.25, 0.3) is 0 Å². The number of carbonyl (C=O) groups excluding carboxylic acids is 1. The summed E-state index contributed by atoms with van der Waals surface area (Å²) in [4.78, 5) is 14.0. The fourth-order valence-corrected chi connectivity index (χ4v) is 2.22. The number of hydrogen-bond donors (Lipinski definition) is 1. The summed E-state index contributed by atoms with van der Waals surface area (Å²) in [6.45, 7) is 7.09. The van der Waals surface area contributed by atoms with E-state index in [1.165, 1.54) is 0 Å². The molecule has 1 aliphatic rings. The van der Waals surface area contributed by atoms with Crippen LogP contribution in [0.25, 0.3) is 0 Å². The minimum Gasteiger partial charge on any atom is -0.307 e. The molecule has 0 aromatic heterocycles. The largest absolute Gasteiger partial charge is 0.307 e. The van der Waals surface area contributed by atoms with Crippen LogP contribution in [0.3, 0.4) is 0 Å². The fourth-order valence-electron chi connectivity index (χ4n) is 2.22. The van der Waals surface area contributed by atoms with Crippen LogP contribution in [-0.4, -0.2) is 43.4 Å². The van der Waals surface area contributed by atoms with E-state index in [0.717, 1.165) is 26.1 Å². The Morgan fingerprint density at radius 3 is 2.71 bits per heavy atom. The zero-order chi connectivity index (χ0) is 10.6. The maximum atomic E-state index is 11.7. The molecule has 0 saturated carbocycles. The number of likely N-dealkylation sites (N-methyl/N-ethyl adjacent to an activating group) is 1. The lowest BCUT2D eigenvalue weighted by atomic mass is 9.94. The molecule has 1 N–H and O–H groups in total. The summed E-state index contributed by atoms with van der Waals surface area (Å²) in [6.07, 6.45) is 1.80. The Morgan fingerprint density at radius 2 is 2.29 bits per heavy atom. The molecule has 0 aliphatic carbocycles. The predicted molar refractivity (Wildman–Crippen MR) is 58.4 cm³/mol. The molecule has 82 valence electrons. The van der Waals surface area contributed by atoms with E-state index in [1.54, 1.807) is 0 Å². The first-order chi connectivity index (χ1) is 6.69. The van der Waals surface area contributed by atoms with E-state index in [2.05, 4.69) is 24.2 Å². The third-order valence-electron chi connectivity index (χ3n) is 3.02. The number of nitrogens with one attached hydrogen (secondary N) is 1. The van der Waals surface area contributed by atoms with Crippen molar-refractivity contribution in [2.24, 2.45) is 5.92 Å². The number of likely N-dealkylation sites (tertiary alicyclic amines) is 1. The Kier molecular flexibility index (Phi) is 4.55. The molecule has 2 unspecified atom stereocenters. The van der Waals surface area contributed by atoms with E-state index in [-0.39, 0.29) is 6.04 Å². The number of nitrogens with zero attached hydrogens (tertiary/aromatic N) is 1. The highest BCUT2D eigenvalue weighted by molar-refractivity contribution is 5.84. The molecular formula is C11H22N2O. The highest BCUT2D eigenvalue weighted by atomic mass is 16.1. The zero-order valence-corrected chi connectivity index (χ0v) is 9.55. The minimum atomic E-state index is 0.0925. The highest BCUT2D eigenvalue weighted by Gasteiger charge is 2.30. The SMILES string of the molecule is CCNC(C(=O)CC)C1CCN(C)C1. The fraction of sp³-hybridized carbons (Fsp3) is 0.909. The normalized spacial score (nSPS) is 25.2. The van der Waals surface area contributed by atoms with Crippen molar-refractivity contribution in [1.82, 2.24) is 10.2 Å². The second-order valence-electron chi connectivity index (χ2n) is 4.17. The van der Waals surface area contributed by atoms with Gasteiger partial charge in [0.05, 0.1) is 6.04 Å². The third kappa shape index (κ3) is 2.79. The van der Waals surface area contributed by atoms with Crippen molar-refractivity contribution in [3.05, 3.63) is 0 Å². The van der Waals surface area contributed by atoms with Crippen molar-refractivity contribution in [3.63, 3.8) is 0 Å². The van der Waals surface area contributed by atoms with Crippen LogP contribution in [0.4, 0.5) is 0 Å².